The van der Waals surface area contributed by atoms with Crippen LogP contribution in [0.3, 0.4) is 0 Å². The molecule has 1 aromatic heterocycles. The van der Waals surface area contributed by atoms with Gasteiger partial charge in [0.05, 0.1) is 6.54 Å². The summed E-state index contributed by atoms with van der Waals surface area (Å²) in [5, 5.41) is 8.46. The monoisotopic (exact) mass is 258 g/mol. The number of hydrogen-bond donors (Lipinski definition) is 1. The second kappa shape index (κ2) is 5.97. The van der Waals surface area contributed by atoms with Gasteiger partial charge in [0, 0.05) is 12.5 Å². The molecule has 0 aliphatic heterocycles. The van der Waals surface area contributed by atoms with Gasteiger partial charge >= 0.3 is 0 Å². The first kappa shape index (κ1) is 13.7. The van der Waals surface area contributed by atoms with Gasteiger partial charge in [-0.1, -0.05) is 24.3 Å². The van der Waals surface area contributed by atoms with Crippen LogP contribution in [-0.2, 0) is 19.4 Å². The fourth-order valence-electron chi connectivity index (χ4n) is 2.40. The quantitative estimate of drug-likeness (QED) is 0.896. The minimum atomic E-state index is 0.348. The number of rotatable bonds is 5. The van der Waals surface area contributed by atoms with Gasteiger partial charge in [-0.2, -0.15) is 0 Å². The van der Waals surface area contributed by atoms with Crippen molar-refractivity contribution < 1.29 is 0 Å². The number of nitrogens with two attached hydrogens (primary N) is 1. The Morgan fingerprint density at radius 2 is 1.79 bits per heavy atom. The number of hydrogen-bond acceptors (Lipinski definition) is 3. The average molecular weight is 258 g/mol. The lowest BCUT2D eigenvalue weighted by atomic mass is 10.0. The van der Waals surface area contributed by atoms with Crippen LogP contribution in [-0.4, -0.2) is 14.8 Å². The van der Waals surface area contributed by atoms with Gasteiger partial charge in [0.1, 0.15) is 11.6 Å². The number of benzene rings is 1. The van der Waals surface area contributed by atoms with Crippen molar-refractivity contribution in [3.63, 3.8) is 0 Å². The van der Waals surface area contributed by atoms with E-state index in [9.17, 15) is 0 Å². The Labute approximate surface area is 114 Å². The minimum Gasteiger partial charge on any atom is -0.324 e. The highest BCUT2D eigenvalue weighted by Crippen LogP contribution is 2.15. The molecule has 4 nitrogen and oxygen atoms in total. The van der Waals surface area contributed by atoms with Crippen LogP contribution in [0.15, 0.2) is 24.3 Å². The normalized spacial score (nSPS) is 11.2. The summed E-state index contributed by atoms with van der Waals surface area (Å²) in [6.45, 7) is 6.86. The SMILES string of the molecule is Cc1ccccc1CCc1nnc(CN)n1C(C)C. The molecule has 1 aromatic carbocycles. The van der Waals surface area contributed by atoms with Crippen molar-refractivity contribution in [1.82, 2.24) is 14.8 Å². The molecule has 1 heterocycles. The molecule has 0 saturated carbocycles. The molecule has 2 rings (SSSR count). The maximum Gasteiger partial charge on any atom is 0.147 e. The molecular formula is C15H22N4. The second-order valence-corrected chi connectivity index (χ2v) is 5.13. The van der Waals surface area contributed by atoms with Gasteiger partial charge < -0.3 is 10.3 Å². The smallest absolute Gasteiger partial charge is 0.147 e. The van der Waals surface area contributed by atoms with Gasteiger partial charge in [0.25, 0.3) is 0 Å². The summed E-state index contributed by atoms with van der Waals surface area (Å²) < 4.78 is 2.15. The molecule has 0 spiro atoms. The average Bonchev–Trinajstić information content (AvgIpc) is 2.81. The van der Waals surface area contributed by atoms with E-state index in [-0.39, 0.29) is 0 Å². The molecule has 0 radical (unpaired) electrons. The van der Waals surface area contributed by atoms with Crippen molar-refractivity contribution in [3.05, 3.63) is 47.0 Å². The van der Waals surface area contributed by atoms with Crippen LogP contribution in [0.2, 0.25) is 0 Å². The van der Waals surface area contributed by atoms with Crippen LogP contribution >= 0.6 is 0 Å². The highest BCUT2D eigenvalue weighted by atomic mass is 15.3. The van der Waals surface area contributed by atoms with E-state index in [0.717, 1.165) is 24.5 Å². The van der Waals surface area contributed by atoms with Crippen LogP contribution in [0.5, 0.6) is 0 Å². The first-order valence-electron chi connectivity index (χ1n) is 6.80. The van der Waals surface area contributed by atoms with E-state index < -0.39 is 0 Å². The van der Waals surface area contributed by atoms with Crippen LogP contribution in [0, 0.1) is 6.92 Å². The van der Waals surface area contributed by atoms with E-state index >= 15 is 0 Å². The Hall–Kier alpha value is -1.68. The van der Waals surface area contributed by atoms with Gasteiger partial charge in [-0.3, -0.25) is 0 Å². The zero-order chi connectivity index (χ0) is 13.8. The third-order valence-electron chi connectivity index (χ3n) is 3.42. The molecule has 19 heavy (non-hydrogen) atoms. The van der Waals surface area contributed by atoms with Crippen molar-refractivity contribution in [2.75, 3.05) is 0 Å². The molecule has 0 unspecified atom stereocenters. The van der Waals surface area contributed by atoms with Crippen molar-refractivity contribution in [2.24, 2.45) is 5.73 Å². The molecule has 0 bridgehead atoms. The lowest BCUT2D eigenvalue weighted by molar-refractivity contribution is 0.541. The molecule has 2 aromatic rings. The zero-order valence-corrected chi connectivity index (χ0v) is 11.9. The summed E-state index contributed by atoms with van der Waals surface area (Å²) in [6, 6.07) is 8.83. The maximum atomic E-state index is 5.71. The third-order valence-corrected chi connectivity index (χ3v) is 3.42. The molecule has 0 aliphatic carbocycles. The standard InChI is InChI=1S/C15H22N4/c1-11(2)19-14(17-18-15(19)10-16)9-8-13-7-5-4-6-12(13)3/h4-7,11H,8-10,16H2,1-3H3. The Kier molecular flexibility index (Phi) is 4.32. The zero-order valence-electron chi connectivity index (χ0n) is 11.9. The molecular weight excluding hydrogens is 236 g/mol. The largest absolute Gasteiger partial charge is 0.324 e. The van der Waals surface area contributed by atoms with Crippen LogP contribution in [0.25, 0.3) is 0 Å². The minimum absolute atomic E-state index is 0.348. The Balaban J connectivity index is 2.16. The summed E-state index contributed by atoms with van der Waals surface area (Å²) in [4.78, 5) is 0. The van der Waals surface area contributed by atoms with E-state index in [1.807, 2.05) is 0 Å². The van der Waals surface area contributed by atoms with E-state index in [1.54, 1.807) is 0 Å². The first-order valence-corrected chi connectivity index (χ1v) is 6.80. The third kappa shape index (κ3) is 3.01. The molecule has 0 atom stereocenters. The second-order valence-electron chi connectivity index (χ2n) is 5.13. The molecule has 102 valence electrons. The molecule has 0 saturated heterocycles. The molecule has 0 aliphatic rings. The lowest BCUT2D eigenvalue weighted by Gasteiger charge is -2.13. The summed E-state index contributed by atoms with van der Waals surface area (Å²) >= 11 is 0. The van der Waals surface area contributed by atoms with E-state index in [0.29, 0.717) is 12.6 Å². The predicted molar refractivity (Wildman–Crippen MR) is 76.9 cm³/mol. The van der Waals surface area contributed by atoms with Crippen molar-refractivity contribution in [1.29, 1.82) is 0 Å². The predicted octanol–water partition coefficient (Wildman–Crippen LogP) is 2.41. The van der Waals surface area contributed by atoms with E-state index in [1.165, 1.54) is 11.1 Å². The van der Waals surface area contributed by atoms with Gasteiger partial charge in [-0.15, -0.1) is 10.2 Å². The molecule has 2 N–H and O–H groups in total. The summed E-state index contributed by atoms with van der Waals surface area (Å²) in [5.74, 6) is 1.90. The van der Waals surface area contributed by atoms with Crippen molar-refractivity contribution in [3.8, 4) is 0 Å². The van der Waals surface area contributed by atoms with Gasteiger partial charge in [0.15, 0.2) is 0 Å². The topological polar surface area (TPSA) is 56.7 Å². The van der Waals surface area contributed by atoms with Gasteiger partial charge in [-0.05, 0) is 38.3 Å². The fourth-order valence-corrected chi connectivity index (χ4v) is 2.40. The number of nitrogens with zero attached hydrogens (tertiary/aromatic N) is 3. The van der Waals surface area contributed by atoms with Gasteiger partial charge in [-0.25, -0.2) is 0 Å². The summed E-state index contributed by atoms with van der Waals surface area (Å²) in [5.41, 5.74) is 8.41. The highest BCUT2D eigenvalue weighted by Gasteiger charge is 2.13. The summed E-state index contributed by atoms with van der Waals surface area (Å²) in [6.07, 6.45) is 1.89. The van der Waals surface area contributed by atoms with E-state index in [2.05, 4.69) is 59.8 Å². The van der Waals surface area contributed by atoms with Gasteiger partial charge in [0.2, 0.25) is 0 Å². The van der Waals surface area contributed by atoms with Crippen molar-refractivity contribution >= 4 is 0 Å². The molecule has 4 heteroatoms. The maximum absolute atomic E-state index is 5.71. The lowest BCUT2D eigenvalue weighted by Crippen LogP contribution is -2.13. The fraction of sp³-hybridized carbons (Fsp3) is 0.467. The molecule has 0 fully saturated rings. The molecule has 0 amide bonds. The van der Waals surface area contributed by atoms with Crippen molar-refractivity contribution in [2.45, 2.75) is 46.2 Å². The van der Waals surface area contributed by atoms with Crippen LogP contribution < -0.4 is 5.73 Å². The highest BCUT2D eigenvalue weighted by molar-refractivity contribution is 5.26. The van der Waals surface area contributed by atoms with Crippen LogP contribution in [0.1, 0.15) is 42.7 Å². The van der Waals surface area contributed by atoms with Crippen LogP contribution in [0.4, 0.5) is 0 Å². The van der Waals surface area contributed by atoms with E-state index in [4.69, 9.17) is 5.73 Å². The Morgan fingerprint density at radius 1 is 1.11 bits per heavy atom. The summed E-state index contributed by atoms with van der Waals surface area (Å²) in [7, 11) is 0. The first-order chi connectivity index (χ1) is 9.13. The number of aromatic nitrogens is 3. The Bertz CT molecular complexity index is 543. The number of aryl methyl sites for hydroxylation is 3. The Morgan fingerprint density at radius 3 is 2.42 bits per heavy atom.